The van der Waals surface area contributed by atoms with Gasteiger partial charge in [0.1, 0.15) is 5.75 Å². The number of carbonyl (C=O) groups excluding carboxylic acids is 1. The summed E-state index contributed by atoms with van der Waals surface area (Å²) in [4.78, 5) is 16.8. The molecule has 0 unspecified atom stereocenters. The number of nitrogens with zero attached hydrogens (tertiary/aromatic N) is 2. The number of halogens is 2. The summed E-state index contributed by atoms with van der Waals surface area (Å²) in [5.74, 6) is 1.41. The minimum Gasteiger partial charge on any atom is -0.497 e. The molecule has 2 saturated heterocycles. The van der Waals surface area contributed by atoms with Crippen LogP contribution in [0.25, 0.3) is 0 Å². The Kier molecular flexibility index (Phi) is 9.72. The van der Waals surface area contributed by atoms with Gasteiger partial charge in [-0.05, 0) is 30.5 Å². The Balaban J connectivity index is 0.00000169. The smallest absolute Gasteiger partial charge is 0.236 e. The molecule has 1 aromatic rings. The number of likely N-dealkylation sites (tertiary alicyclic amines) is 2. The van der Waals surface area contributed by atoms with E-state index >= 15 is 0 Å². The van der Waals surface area contributed by atoms with Crippen molar-refractivity contribution in [2.75, 3.05) is 39.8 Å². The van der Waals surface area contributed by atoms with Gasteiger partial charge in [0.15, 0.2) is 0 Å². The van der Waals surface area contributed by atoms with Crippen LogP contribution in [0.4, 0.5) is 0 Å². The van der Waals surface area contributed by atoms with Gasteiger partial charge in [-0.15, -0.1) is 24.8 Å². The van der Waals surface area contributed by atoms with E-state index in [2.05, 4.69) is 17.0 Å². The monoisotopic (exact) mass is 403 g/mol. The molecule has 2 N–H and O–H groups in total. The largest absolute Gasteiger partial charge is 0.497 e. The van der Waals surface area contributed by atoms with Gasteiger partial charge in [0.2, 0.25) is 5.91 Å². The molecule has 0 aliphatic carbocycles. The third kappa shape index (κ3) is 5.74. The molecule has 5 nitrogen and oxygen atoms in total. The third-order valence-electron chi connectivity index (χ3n) is 5.30. The van der Waals surface area contributed by atoms with Crippen molar-refractivity contribution in [3.8, 4) is 5.75 Å². The van der Waals surface area contributed by atoms with Crippen LogP contribution in [-0.2, 0) is 4.79 Å². The molecule has 2 fully saturated rings. The van der Waals surface area contributed by atoms with Crippen LogP contribution in [0, 0.1) is 0 Å². The van der Waals surface area contributed by atoms with Crippen LogP contribution in [0.2, 0.25) is 0 Å². The molecular weight excluding hydrogens is 373 g/mol. The zero-order valence-electron chi connectivity index (χ0n) is 15.4. The first-order valence-corrected chi connectivity index (χ1v) is 9.07. The van der Waals surface area contributed by atoms with Crippen molar-refractivity contribution in [3.63, 3.8) is 0 Å². The summed E-state index contributed by atoms with van der Waals surface area (Å²) in [7, 11) is 1.67. The van der Waals surface area contributed by atoms with Crippen molar-refractivity contribution >= 4 is 30.7 Å². The van der Waals surface area contributed by atoms with Crippen molar-refractivity contribution in [1.82, 2.24) is 9.80 Å². The molecule has 2 aliphatic heterocycles. The average molecular weight is 404 g/mol. The third-order valence-corrected chi connectivity index (χ3v) is 5.30. The highest BCUT2D eigenvalue weighted by Gasteiger charge is 2.32. The van der Waals surface area contributed by atoms with Gasteiger partial charge in [-0.1, -0.05) is 25.0 Å². The molecule has 3 rings (SSSR count). The van der Waals surface area contributed by atoms with Crippen LogP contribution in [0.1, 0.15) is 37.2 Å². The molecule has 1 aromatic carbocycles. The maximum atomic E-state index is 12.6. The van der Waals surface area contributed by atoms with E-state index in [4.69, 9.17) is 10.5 Å². The SMILES string of the molecule is COc1ccc([C@H]2CN(CC(=O)N3CCCCCC3)C[C@@H]2N)cc1.Cl.Cl. The second-order valence-electron chi connectivity index (χ2n) is 7.03. The Morgan fingerprint density at radius 2 is 1.69 bits per heavy atom. The second kappa shape index (κ2) is 11.0. The second-order valence-corrected chi connectivity index (χ2v) is 7.03. The summed E-state index contributed by atoms with van der Waals surface area (Å²) >= 11 is 0. The fourth-order valence-electron chi connectivity index (χ4n) is 3.86. The molecule has 0 saturated carbocycles. The normalized spacial score (nSPS) is 23.5. The fraction of sp³-hybridized carbons (Fsp3) is 0.632. The number of amides is 1. The first kappa shape index (κ1) is 23.0. The van der Waals surface area contributed by atoms with Gasteiger partial charge in [-0.3, -0.25) is 9.69 Å². The number of hydrogen-bond donors (Lipinski definition) is 1. The number of nitrogens with two attached hydrogens (primary N) is 1. The van der Waals surface area contributed by atoms with Gasteiger partial charge >= 0.3 is 0 Å². The van der Waals surface area contributed by atoms with E-state index in [9.17, 15) is 4.79 Å². The minimum absolute atomic E-state index is 0. The Bertz CT molecular complexity index is 548. The van der Waals surface area contributed by atoms with Crippen LogP contribution in [0.5, 0.6) is 5.75 Å². The summed E-state index contributed by atoms with van der Waals surface area (Å²) in [5, 5.41) is 0. The lowest BCUT2D eigenvalue weighted by Crippen LogP contribution is -2.40. The highest BCUT2D eigenvalue weighted by atomic mass is 35.5. The summed E-state index contributed by atoms with van der Waals surface area (Å²) in [6.07, 6.45) is 4.77. The number of hydrogen-bond acceptors (Lipinski definition) is 4. The van der Waals surface area contributed by atoms with Crippen molar-refractivity contribution in [2.45, 2.75) is 37.6 Å². The predicted molar refractivity (Wildman–Crippen MR) is 110 cm³/mol. The molecule has 26 heavy (non-hydrogen) atoms. The lowest BCUT2D eigenvalue weighted by Gasteiger charge is -2.24. The Morgan fingerprint density at radius 1 is 1.08 bits per heavy atom. The van der Waals surface area contributed by atoms with Gasteiger partial charge in [-0.25, -0.2) is 0 Å². The number of ether oxygens (including phenoxy) is 1. The number of methoxy groups -OCH3 is 1. The molecule has 2 aliphatic rings. The molecule has 0 aromatic heterocycles. The van der Waals surface area contributed by atoms with Crippen molar-refractivity contribution in [1.29, 1.82) is 0 Å². The lowest BCUT2D eigenvalue weighted by molar-refractivity contribution is -0.132. The Morgan fingerprint density at radius 3 is 2.27 bits per heavy atom. The van der Waals surface area contributed by atoms with Crippen LogP contribution in [0.3, 0.4) is 0 Å². The van der Waals surface area contributed by atoms with E-state index in [1.54, 1.807) is 7.11 Å². The summed E-state index contributed by atoms with van der Waals surface area (Å²) in [5.41, 5.74) is 7.58. The summed E-state index contributed by atoms with van der Waals surface area (Å²) < 4.78 is 5.22. The standard InChI is InChI=1S/C19H29N3O2.2ClH/c1-24-16-8-6-15(7-9-16)17-12-21(13-18(17)20)14-19(23)22-10-4-2-3-5-11-22;;/h6-9,17-18H,2-5,10-14,20H2,1H3;2*1H/t17-,18+;;/m1../s1. The molecule has 0 bridgehead atoms. The molecular formula is C19H31Cl2N3O2. The molecule has 2 atom stereocenters. The van der Waals surface area contributed by atoms with Gasteiger partial charge in [-0.2, -0.15) is 0 Å². The molecule has 2 heterocycles. The van der Waals surface area contributed by atoms with Crippen molar-refractivity contribution < 1.29 is 9.53 Å². The number of benzene rings is 1. The zero-order valence-corrected chi connectivity index (χ0v) is 17.1. The fourth-order valence-corrected chi connectivity index (χ4v) is 3.86. The van der Waals surface area contributed by atoms with Gasteiger partial charge in [0.05, 0.1) is 13.7 Å². The van der Waals surface area contributed by atoms with Crippen LogP contribution in [-0.4, -0.2) is 61.6 Å². The molecule has 0 radical (unpaired) electrons. The van der Waals surface area contributed by atoms with E-state index in [1.807, 2.05) is 17.0 Å². The predicted octanol–water partition coefficient (Wildman–Crippen LogP) is 2.67. The first-order chi connectivity index (χ1) is 11.7. The van der Waals surface area contributed by atoms with Gasteiger partial charge in [0.25, 0.3) is 0 Å². The van der Waals surface area contributed by atoms with E-state index in [-0.39, 0.29) is 42.7 Å². The Hall–Kier alpha value is -1.01. The van der Waals surface area contributed by atoms with Gasteiger partial charge < -0.3 is 15.4 Å². The van der Waals surface area contributed by atoms with Crippen LogP contribution >= 0.6 is 24.8 Å². The van der Waals surface area contributed by atoms with E-state index < -0.39 is 0 Å². The van der Waals surface area contributed by atoms with Crippen molar-refractivity contribution in [3.05, 3.63) is 29.8 Å². The minimum atomic E-state index is 0. The lowest BCUT2D eigenvalue weighted by atomic mass is 9.95. The number of rotatable bonds is 4. The summed E-state index contributed by atoms with van der Waals surface area (Å²) in [6, 6.07) is 8.21. The quantitative estimate of drug-likeness (QED) is 0.839. The number of carbonyl (C=O) groups is 1. The topological polar surface area (TPSA) is 58.8 Å². The molecule has 1 amide bonds. The van der Waals surface area contributed by atoms with E-state index in [1.165, 1.54) is 18.4 Å². The Labute approximate surface area is 169 Å². The van der Waals surface area contributed by atoms with Crippen LogP contribution < -0.4 is 10.5 Å². The molecule has 7 heteroatoms. The maximum Gasteiger partial charge on any atom is 0.236 e. The first-order valence-electron chi connectivity index (χ1n) is 9.07. The van der Waals surface area contributed by atoms with E-state index in [0.717, 1.165) is 44.8 Å². The maximum absolute atomic E-state index is 12.6. The summed E-state index contributed by atoms with van der Waals surface area (Å²) in [6.45, 7) is 3.98. The van der Waals surface area contributed by atoms with Crippen molar-refractivity contribution in [2.24, 2.45) is 5.73 Å². The van der Waals surface area contributed by atoms with Gasteiger partial charge in [0, 0.05) is 38.1 Å². The highest BCUT2D eigenvalue weighted by molar-refractivity contribution is 5.85. The molecule has 148 valence electrons. The van der Waals surface area contributed by atoms with E-state index in [0.29, 0.717) is 6.54 Å². The zero-order chi connectivity index (χ0) is 16.9. The van der Waals surface area contributed by atoms with Crippen LogP contribution in [0.15, 0.2) is 24.3 Å². The average Bonchev–Trinajstić information content (AvgIpc) is 2.80. The highest BCUT2D eigenvalue weighted by Crippen LogP contribution is 2.28. The molecule has 0 spiro atoms.